The van der Waals surface area contributed by atoms with Crippen LogP contribution in [0.25, 0.3) is 6.08 Å². The van der Waals surface area contributed by atoms with Gasteiger partial charge in [0.15, 0.2) is 0 Å². The van der Waals surface area contributed by atoms with Crippen molar-refractivity contribution in [2.45, 2.75) is 59.5 Å². The van der Waals surface area contributed by atoms with Gasteiger partial charge in [-0.25, -0.2) is 0 Å². The molecule has 1 N–H and O–H groups in total. The molecule has 1 aliphatic heterocycles. The van der Waals surface area contributed by atoms with Crippen LogP contribution in [0.1, 0.15) is 53.0 Å². The number of carbonyl (C=O) groups excluding carboxylic acids is 2. The first kappa shape index (κ1) is 20.2. The summed E-state index contributed by atoms with van der Waals surface area (Å²) in [5.74, 6) is 0.764. The molecular weight excluding hydrogens is 324 g/mol. The molecule has 1 saturated heterocycles. The van der Waals surface area contributed by atoms with Gasteiger partial charge in [-0.05, 0) is 43.2 Å². The van der Waals surface area contributed by atoms with Crippen molar-refractivity contribution in [3.05, 3.63) is 41.5 Å². The molecule has 0 radical (unpaired) electrons. The Kier molecular flexibility index (Phi) is 7.01. The van der Waals surface area contributed by atoms with Gasteiger partial charge < -0.3 is 10.2 Å². The zero-order valence-electron chi connectivity index (χ0n) is 16.7. The SMILES string of the molecule is CC(=Cc1ccccc1)C(=O)N1CC(CC(C)C)NC(=O)C1CC(C)C. The van der Waals surface area contributed by atoms with Crippen LogP contribution in [0, 0.1) is 11.8 Å². The molecule has 4 heteroatoms. The molecule has 2 atom stereocenters. The topological polar surface area (TPSA) is 49.4 Å². The molecule has 1 heterocycles. The predicted octanol–water partition coefficient (Wildman–Crippen LogP) is 3.88. The zero-order chi connectivity index (χ0) is 19.3. The predicted molar refractivity (Wildman–Crippen MR) is 106 cm³/mol. The van der Waals surface area contributed by atoms with Crippen LogP contribution in [-0.2, 0) is 9.59 Å². The van der Waals surface area contributed by atoms with E-state index < -0.39 is 0 Å². The Morgan fingerprint density at radius 3 is 2.35 bits per heavy atom. The van der Waals surface area contributed by atoms with Crippen molar-refractivity contribution in [3.8, 4) is 0 Å². The fourth-order valence-electron chi connectivity index (χ4n) is 3.54. The van der Waals surface area contributed by atoms with Crippen molar-refractivity contribution in [1.82, 2.24) is 10.2 Å². The van der Waals surface area contributed by atoms with Gasteiger partial charge in [-0.3, -0.25) is 9.59 Å². The van der Waals surface area contributed by atoms with Crippen molar-refractivity contribution in [2.24, 2.45) is 11.8 Å². The third-order valence-electron chi connectivity index (χ3n) is 4.67. The molecule has 2 rings (SSSR count). The number of carbonyl (C=O) groups is 2. The largest absolute Gasteiger partial charge is 0.350 e. The van der Waals surface area contributed by atoms with E-state index in [4.69, 9.17) is 0 Å². The van der Waals surface area contributed by atoms with E-state index in [1.165, 1.54) is 0 Å². The lowest BCUT2D eigenvalue weighted by Gasteiger charge is -2.41. The second-order valence-corrected chi connectivity index (χ2v) is 8.18. The maximum atomic E-state index is 13.1. The summed E-state index contributed by atoms with van der Waals surface area (Å²) < 4.78 is 0. The van der Waals surface area contributed by atoms with Gasteiger partial charge in [0.1, 0.15) is 6.04 Å². The summed E-state index contributed by atoms with van der Waals surface area (Å²) in [7, 11) is 0. The van der Waals surface area contributed by atoms with E-state index in [0.29, 0.717) is 30.4 Å². The van der Waals surface area contributed by atoms with E-state index in [1.807, 2.05) is 43.3 Å². The number of piperazine rings is 1. The Hall–Kier alpha value is -2.10. The van der Waals surface area contributed by atoms with Gasteiger partial charge in [-0.2, -0.15) is 0 Å². The van der Waals surface area contributed by atoms with Gasteiger partial charge in [0.2, 0.25) is 11.8 Å². The molecule has 2 amide bonds. The molecule has 0 spiro atoms. The van der Waals surface area contributed by atoms with Crippen LogP contribution in [0.5, 0.6) is 0 Å². The van der Waals surface area contributed by atoms with E-state index in [2.05, 4.69) is 33.0 Å². The second kappa shape index (κ2) is 9.02. The van der Waals surface area contributed by atoms with Crippen molar-refractivity contribution < 1.29 is 9.59 Å². The minimum Gasteiger partial charge on any atom is -0.350 e. The first-order chi connectivity index (χ1) is 12.3. The molecule has 1 aliphatic rings. The lowest BCUT2D eigenvalue weighted by atomic mass is 9.94. The number of nitrogens with one attached hydrogen (secondary N) is 1. The Balaban J connectivity index is 2.24. The Labute approximate surface area is 157 Å². The number of rotatable bonds is 6. The van der Waals surface area contributed by atoms with Crippen LogP contribution in [0.15, 0.2) is 35.9 Å². The monoisotopic (exact) mass is 356 g/mol. The summed E-state index contributed by atoms with van der Waals surface area (Å²) in [5, 5.41) is 3.12. The summed E-state index contributed by atoms with van der Waals surface area (Å²) in [6, 6.07) is 9.47. The average molecular weight is 357 g/mol. The van der Waals surface area contributed by atoms with Gasteiger partial charge in [-0.1, -0.05) is 58.0 Å². The van der Waals surface area contributed by atoms with Gasteiger partial charge in [0, 0.05) is 18.2 Å². The fraction of sp³-hybridized carbons (Fsp3) is 0.545. The first-order valence-electron chi connectivity index (χ1n) is 9.62. The molecule has 142 valence electrons. The van der Waals surface area contributed by atoms with Crippen molar-refractivity contribution in [2.75, 3.05) is 6.54 Å². The van der Waals surface area contributed by atoms with Crippen molar-refractivity contribution >= 4 is 17.9 Å². The minimum absolute atomic E-state index is 0.0172. The summed E-state index contributed by atoms with van der Waals surface area (Å²) in [5.41, 5.74) is 1.67. The first-order valence-corrected chi connectivity index (χ1v) is 9.62. The quantitative estimate of drug-likeness (QED) is 0.787. The normalized spacial score (nSPS) is 21.3. The molecule has 0 aromatic heterocycles. The molecule has 0 aliphatic carbocycles. The summed E-state index contributed by atoms with van der Waals surface area (Å²) in [6.45, 7) is 10.9. The van der Waals surface area contributed by atoms with Gasteiger partial charge in [0.05, 0.1) is 0 Å². The second-order valence-electron chi connectivity index (χ2n) is 8.18. The van der Waals surface area contributed by atoms with Crippen LogP contribution < -0.4 is 5.32 Å². The highest BCUT2D eigenvalue weighted by Crippen LogP contribution is 2.22. The lowest BCUT2D eigenvalue weighted by Crippen LogP contribution is -2.62. The van der Waals surface area contributed by atoms with E-state index >= 15 is 0 Å². The third-order valence-corrected chi connectivity index (χ3v) is 4.67. The Morgan fingerprint density at radius 2 is 1.77 bits per heavy atom. The van der Waals surface area contributed by atoms with Crippen molar-refractivity contribution in [3.63, 3.8) is 0 Å². The fourth-order valence-corrected chi connectivity index (χ4v) is 3.54. The lowest BCUT2D eigenvalue weighted by molar-refractivity contribution is -0.143. The number of amides is 2. The van der Waals surface area contributed by atoms with E-state index in [9.17, 15) is 9.59 Å². The highest BCUT2D eigenvalue weighted by molar-refractivity contribution is 6.00. The molecule has 1 aromatic carbocycles. The molecule has 4 nitrogen and oxygen atoms in total. The van der Waals surface area contributed by atoms with Crippen molar-refractivity contribution in [1.29, 1.82) is 0 Å². The standard InChI is InChI=1S/C22H32N2O2/c1-15(2)11-19-14-24(20(12-16(3)4)21(25)23-19)22(26)17(5)13-18-9-7-6-8-10-18/h6-10,13,15-16,19-20H,11-12,14H2,1-5H3,(H,23,25). The van der Waals surface area contributed by atoms with E-state index in [0.717, 1.165) is 12.0 Å². The Morgan fingerprint density at radius 1 is 1.15 bits per heavy atom. The van der Waals surface area contributed by atoms with Gasteiger partial charge in [-0.15, -0.1) is 0 Å². The van der Waals surface area contributed by atoms with Gasteiger partial charge >= 0.3 is 0 Å². The summed E-state index contributed by atoms with van der Waals surface area (Å²) in [6.07, 6.45) is 3.47. The number of hydrogen-bond donors (Lipinski definition) is 1. The molecule has 0 saturated carbocycles. The summed E-state index contributed by atoms with van der Waals surface area (Å²) >= 11 is 0. The number of nitrogens with zero attached hydrogens (tertiary/aromatic N) is 1. The van der Waals surface area contributed by atoms with Crippen LogP contribution in [0.2, 0.25) is 0 Å². The van der Waals surface area contributed by atoms with E-state index in [-0.39, 0.29) is 23.9 Å². The highest BCUT2D eigenvalue weighted by Gasteiger charge is 2.37. The zero-order valence-corrected chi connectivity index (χ0v) is 16.7. The molecule has 1 fully saturated rings. The number of hydrogen-bond acceptors (Lipinski definition) is 2. The minimum atomic E-state index is -0.384. The molecule has 1 aromatic rings. The van der Waals surface area contributed by atoms with E-state index in [1.54, 1.807) is 4.90 Å². The molecule has 0 bridgehead atoms. The maximum absolute atomic E-state index is 13.1. The van der Waals surface area contributed by atoms with Gasteiger partial charge in [0.25, 0.3) is 0 Å². The molecule has 2 unspecified atom stereocenters. The molecular formula is C22H32N2O2. The summed E-state index contributed by atoms with van der Waals surface area (Å²) in [4.78, 5) is 27.6. The van der Waals surface area contributed by atoms with Crippen LogP contribution >= 0.6 is 0 Å². The van der Waals surface area contributed by atoms with Crippen LogP contribution in [0.3, 0.4) is 0 Å². The van der Waals surface area contributed by atoms with Crippen LogP contribution in [-0.4, -0.2) is 35.3 Å². The van der Waals surface area contributed by atoms with Crippen LogP contribution in [0.4, 0.5) is 0 Å². The average Bonchev–Trinajstić information content (AvgIpc) is 2.56. The molecule has 26 heavy (non-hydrogen) atoms. The smallest absolute Gasteiger partial charge is 0.250 e. The third kappa shape index (κ3) is 5.45. The maximum Gasteiger partial charge on any atom is 0.250 e. The number of benzene rings is 1. The highest BCUT2D eigenvalue weighted by atomic mass is 16.2. The Bertz CT molecular complexity index is 649.